The third kappa shape index (κ3) is 5.42. The number of carbonyl (C=O) groups is 1. The van der Waals surface area contributed by atoms with E-state index >= 15 is 0 Å². The van der Waals surface area contributed by atoms with E-state index in [1.807, 2.05) is 43.3 Å². The molecule has 3 aromatic carbocycles. The fourth-order valence-corrected chi connectivity index (χ4v) is 5.55. The summed E-state index contributed by atoms with van der Waals surface area (Å²) in [5, 5.41) is 2.98. The number of carbonyl (C=O) groups excluding carboxylic acids is 1. The minimum atomic E-state index is -3.71. The number of sulfonamides is 1. The lowest BCUT2D eigenvalue weighted by atomic mass is 10.0. The fourth-order valence-electron chi connectivity index (χ4n) is 4.37. The summed E-state index contributed by atoms with van der Waals surface area (Å²) in [6, 6.07) is 21.2. The van der Waals surface area contributed by atoms with Crippen LogP contribution in [0.4, 0.5) is 5.69 Å². The first kappa shape index (κ1) is 23.8. The Balaban J connectivity index is 1.49. The second-order valence-corrected chi connectivity index (χ2v) is 10.6. The van der Waals surface area contributed by atoms with E-state index < -0.39 is 16.1 Å². The molecule has 4 rings (SSSR count). The van der Waals surface area contributed by atoms with Crippen LogP contribution in [0.5, 0.6) is 11.5 Å². The molecule has 1 amide bonds. The van der Waals surface area contributed by atoms with Gasteiger partial charge >= 0.3 is 0 Å². The van der Waals surface area contributed by atoms with Gasteiger partial charge in [0.25, 0.3) is 0 Å². The van der Waals surface area contributed by atoms with E-state index in [2.05, 4.69) is 17.4 Å². The number of para-hydroxylation sites is 1. The third-order valence-corrected chi connectivity index (χ3v) is 7.38. The van der Waals surface area contributed by atoms with Crippen LogP contribution in [0.15, 0.2) is 72.8 Å². The van der Waals surface area contributed by atoms with Gasteiger partial charge < -0.3 is 10.1 Å². The summed E-state index contributed by atoms with van der Waals surface area (Å²) < 4.78 is 32.2. The molecule has 0 saturated carbocycles. The molecule has 6 nitrogen and oxygen atoms in total. The number of ether oxygens (including phenoxy) is 1. The highest BCUT2D eigenvalue weighted by Gasteiger charge is 2.30. The third-order valence-electron chi connectivity index (χ3n) is 6.14. The largest absolute Gasteiger partial charge is 0.457 e. The maximum Gasteiger partial charge on any atom is 0.244 e. The van der Waals surface area contributed by atoms with Crippen molar-refractivity contribution in [1.29, 1.82) is 0 Å². The molecule has 7 heteroatoms. The first-order valence-corrected chi connectivity index (χ1v) is 13.3. The number of rotatable bonds is 8. The van der Waals surface area contributed by atoms with Gasteiger partial charge in [0, 0.05) is 0 Å². The van der Waals surface area contributed by atoms with Crippen LogP contribution in [0.25, 0.3) is 0 Å². The van der Waals surface area contributed by atoms with Crippen molar-refractivity contribution < 1.29 is 17.9 Å². The second kappa shape index (κ2) is 9.89. The Bertz CT molecular complexity index is 1260. The molecule has 0 saturated heterocycles. The van der Waals surface area contributed by atoms with Crippen molar-refractivity contribution in [2.45, 2.75) is 45.2 Å². The normalized spacial score (nSPS) is 14.7. The van der Waals surface area contributed by atoms with Gasteiger partial charge in [0.2, 0.25) is 15.9 Å². The SMILES string of the molecule is CC(NC(=O)C(C)N(c1ccc(Oc2ccccc2)cc1)S(C)(=O)=O)c1ccc2c(c1)CCC2. The number of nitrogens with zero attached hydrogens (tertiary/aromatic N) is 1. The molecule has 0 bridgehead atoms. The molecular weight excluding hydrogens is 448 g/mol. The van der Waals surface area contributed by atoms with Crippen molar-refractivity contribution >= 4 is 21.6 Å². The number of aryl methyl sites for hydroxylation is 2. The van der Waals surface area contributed by atoms with Gasteiger partial charge in [-0.05, 0) is 86.2 Å². The molecule has 0 aliphatic heterocycles. The van der Waals surface area contributed by atoms with Gasteiger partial charge in [-0.2, -0.15) is 0 Å². The molecule has 2 unspecified atom stereocenters. The number of benzene rings is 3. The standard InChI is InChI=1S/C27H30N2O4S/c1-19(22-13-12-21-8-7-9-23(21)18-22)28-27(30)20(2)29(34(3,31)32)24-14-16-26(17-15-24)33-25-10-5-4-6-11-25/h4-6,10-20H,7-9H2,1-3H3,(H,28,30). The molecule has 1 N–H and O–H groups in total. The molecule has 178 valence electrons. The summed E-state index contributed by atoms with van der Waals surface area (Å²) in [6.07, 6.45) is 4.43. The smallest absolute Gasteiger partial charge is 0.244 e. The van der Waals surface area contributed by atoms with E-state index in [4.69, 9.17) is 4.74 Å². The number of amides is 1. The van der Waals surface area contributed by atoms with Crippen LogP contribution in [-0.2, 0) is 27.7 Å². The lowest BCUT2D eigenvalue weighted by Crippen LogP contribution is -2.48. The molecule has 0 heterocycles. The Hall–Kier alpha value is -3.32. The predicted octanol–water partition coefficient (Wildman–Crippen LogP) is 5.00. The molecule has 0 fully saturated rings. The van der Waals surface area contributed by atoms with E-state index in [0.29, 0.717) is 17.2 Å². The maximum absolute atomic E-state index is 13.1. The summed E-state index contributed by atoms with van der Waals surface area (Å²) in [5.41, 5.74) is 4.13. The van der Waals surface area contributed by atoms with Crippen LogP contribution in [0.3, 0.4) is 0 Å². The molecular formula is C27H30N2O4S. The molecule has 1 aliphatic rings. The van der Waals surface area contributed by atoms with Gasteiger partial charge in [-0.15, -0.1) is 0 Å². The molecule has 0 aromatic heterocycles. The Morgan fingerprint density at radius 1 is 0.912 bits per heavy atom. The predicted molar refractivity (Wildman–Crippen MR) is 135 cm³/mol. The van der Waals surface area contributed by atoms with E-state index in [9.17, 15) is 13.2 Å². The summed E-state index contributed by atoms with van der Waals surface area (Å²) in [7, 11) is -3.71. The monoisotopic (exact) mass is 478 g/mol. The first-order chi connectivity index (χ1) is 16.2. The zero-order valence-corrected chi connectivity index (χ0v) is 20.5. The molecule has 2 atom stereocenters. The number of nitrogens with one attached hydrogen (secondary N) is 1. The minimum Gasteiger partial charge on any atom is -0.457 e. The van der Waals surface area contributed by atoms with E-state index in [-0.39, 0.29) is 11.9 Å². The van der Waals surface area contributed by atoms with Gasteiger partial charge in [-0.1, -0.05) is 36.4 Å². The molecule has 34 heavy (non-hydrogen) atoms. The zero-order chi connectivity index (χ0) is 24.3. The highest BCUT2D eigenvalue weighted by atomic mass is 32.2. The van der Waals surface area contributed by atoms with Crippen molar-refractivity contribution in [1.82, 2.24) is 5.32 Å². The Morgan fingerprint density at radius 2 is 1.56 bits per heavy atom. The van der Waals surface area contributed by atoms with Crippen molar-refractivity contribution in [3.63, 3.8) is 0 Å². The van der Waals surface area contributed by atoms with Crippen LogP contribution in [0.1, 0.15) is 43.0 Å². The van der Waals surface area contributed by atoms with Gasteiger partial charge in [-0.25, -0.2) is 8.42 Å². The van der Waals surface area contributed by atoms with Crippen LogP contribution in [0.2, 0.25) is 0 Å². The van der Waals surface area contributed by atoms with E-state index in [0.717, 1.165) is 35.4 Å². The average Bonchev–Trinajstić information content (AvgIpc) is 3.28. The second-order valence-electron chi connectivity index (χ2n) is 8.76. The van der Waals surface area contributed by atoms with Gasteiger partial charge in [0.05, 0.1) is 18.0 Å². The maximum atomic E-state index is 13.1. The van der Waals surface area contributed by atoms with Crippen LogP contribution >= 0.6 is 0 Å². The van der Waals surface area contributed by atoms with Crippen molar-refractivity contribution in [2.24, 2.45) is 0 Å². The van der Waals surface area contributed by atoms with Crippen LogP contribution < -0.4 is 14.4 Å². The fraction of sp³-hybridized carbons (Fsp3) is 0.296. The van der Waals surface area contributed by atoms with Crippen LogP contribution in [-0.4, -0.2) is 26.6 Å². The quantitative estimate of drug-likeness (QED) is 0.494. The Morgan fingerprint density at radius 3 is 2.24 bits per heavy atom. The van der Waals surface area contributed by atoms with Gasteiger partial charge in [0.1, 0.15) is 17.5 Å². The first-order valence-electron chi connectivity index (χ1n) is 11.5. The molecule has 0 spiro atoms. The highest BCUT2D eigenvalue weighted by Crippen LogP contribution is 2.28. The van der Waals surface area contributed by atoms with E-state index in [1.165, 1.54) is 11.1 Å². The number of hydrogen-bond donors (Lipinski definition) is 1. The van der Waals surface area contributed by atoms with Gasteiger partial charge in [-0.3, -0.25) is 9.10 Å². The number of hydrogen-bond acceptors (Lipinski definition) is 4. The van der Waals surface area contributed by atoms with Gasteiger partial charge in [0.15, 0.2) is 0 Å². The molecule has 3 aromatic rings. The van der Waals surface area contributed by atoms with Crippen LogP contribution in [0, 0.1) is 0 Å². The number of fused-ring (bicyclic) bond motifs is 1. The van der Waals surface area contributed by atoms with Crippen molar-refractivity contribution in [3.8, 4) is 11.5 Å². The Kier molecular flexibility index (Phi) is 6.93. The molecule has 0 radical (unpaired) electrons. The minimum absolute atomic E-state index is 0.232. The summed E-state index contributed by atoms with van der Waals surface area (Å²) in [5.74, 6) is 0.900. The number of anilines is 1. The zero-order valence-electron chi connectivity index (χ0n) is 19.7. The van der Waals surface area contributed by atoms with Crippen molar-refractivity contribution in [3.05, 3.63) is 89.5 Å². The summed E-state index contributed by atoms with van der Waals surface area (Å²) >= 11 is 0. The average molecular weight is 479 g/mol. The lowest BCUT2D eigenvalue weighted by Gasteiger charge is -2.29. The Labute approximate surface area is 201 Å². The van der Waals surface area contributed by atoms with E-state index in [1.54, 1.807) is 31.2 Å². The van der Waals surface area contributed by atoms with Crippen molar-refractivity contribution in [2.75, 3.05) is 10.6 Å². The summed E-state index contributed by atoms with van der Waals surface area (Å²) in [4.78, 5) is 13.1. The topological polar surface area (TPSA) is 75.7 Å². The lowest BCUT2D eigenvalue weighted by molar-refractivity contribution is -0.122. The highest BCUT2D eigenvalue weighted by molar-refractivity contribution is 7.92. The molecule has 1 aliphatic carbocycles. The summed E-state index contributed by atoms with van der Waals surface area (Å²) in [6.45, 7) is 3.52.